The van der Waals surface area contributed by atoms with Crippen molar-refractivity contribution in [2.75, 3.05) is 24.7 Å². The molecule has 0 fully saturated rings. The summed E-state index contributed by atoms with van der Waals surface area (Å²) in [5, 5.41) is 0. The van der Waals surface area contributed by atoms with Gasteiger partial charge in [0.2, 0.25) is 0 Å². The molecular weight excluding hydrogens is 823 g/mol. The minimum atomic E-state index is -0.207. The van der Waals surface area contributed by atoms with E-state index in [9.17, 15) is 9.59 Å². The third-order valence-corrected chi connectivity index (χ3v) is 14.1. The van der Waals surface area contributed by atoms with Gasteiger partial charge in [-0.3, -0.25) is 9.59 Å². The molecule has 2 radical (unpaired) electrons. The molecule has 0 saturated heterocycles. The van der Waals surface area contributed by atoms with E-state index in [0.717, 1.165) is 25.7 Å². The third-order valence-electron chi connectivity index (χ3n) is 9.51. The molecule has 326 valence electrons. The van der Waals surface area contributed by atoms with Crippen LogP contribution in [0.2, 0.25) is 8.87 Å². The first-order valence-corrected chi connectivity index (χ1v) is 28.9. The van der Waals surface area contributed by atoms with Crippen molar-refractivity contribution >= 4 is 58.3 Å². The summed E-state index contributed by atoms with van der Waals surface area (Å²) in [4.78, 5) is 21.7. The number of thiol groups is 2. The average molecular weight is 918 g/mol. The molecule has 0 atom stereocenters. The summed E-state index contributed by atoms with van der Waals surface area (Å²) >= 11 is 7.89. The summed E-state index contributed by atoms with van der Waals surface area (Å²) in [6.07, 6.45) is 51.6. The molecule has 0 aliphatic carbocycles. The third kappa shape index (κ3) is 63.3. The van der Waals surface area contributed by atoms with Crippen molar-refractivity contribution < 1.29 is 19.1 Å². The van der Waals surface area contributed by atoms with E-state index in [1.807, 2.05) is 0 Å². The predicted molar refractivity (Wildman–Crippen MR) is 254 cm³/mol. The fraction of sp³-hybridized carbons (Fsp3) is 0.875. The molecule has 7 heteroatoms. The molecular formula is C48H94O4S2Sn. The van der Waals surface area contributed by atoms with E-state index in [4.69, 9.17) is 9.47 Å². The Balaban J connectivity index is -0.000000805. The van der Waals surface area contributed by atoms with Crippen LogP contribution in [-0.2, 0) is 19.1 Å². The van der Waals surface area contributed by atoms with Gasteiger partial charge in [0.1, 0.15) is 0 Å². The molecule has 0 aromatic rings. The number of rotatable bonds is 40. The zero-order chi connectivity index (χ0) is 41.0. The zero-order valence-corrected chi connectivity index (χ0v) is 41.8. The van der Waals surface area contributed by atoms with Gasteiger partial charge in [0.25, 0.3) is 0 Å². The molecule has 0 rings (SSSR count). The van der Waals surface area contributed by atoms with Crippen molar-refractivity contribution in [1.29, 1.82) is 0 Å². The summed E-state index contributed by atoms with van der Waals surface area (Å²) in [7, 11) is 0. The maximum atomic E-state index is 10.9. The summed E-state index contributed by atoms with van der Waals surface area (Å²) < 4.78 is 13.2. The number of carbonyl (C=O) groups excluding carboxylic acids is 2. The number of carbonyl (C=O) groups is 2. The molecule has 0 aliphatic heterocycles. The Morgan fingerprint density at radius 3 is 0.909 bits per heavy atom. The average Bonchev–Trinajstić information content (AvgIpc) is 3.20. The second-order valence-corrected chi connectivity index (χ2v) is 20.0. The summed E-state index contributed by atoms with van der Waals surface area (Å²) in [5.74, 6) is -0.0409. The van der Waals surface area contributed by atoms with Gasteiger partial charge in [-0.15, -0.1) is 0 Å². The molecule has 0 amide bonds. The molecule has 55 heavy (non-hydrogen) atoms. The van der Waals surface area contributed by atoms with E-state index in [1.165, 1.54) is 180 Å². The second kappa shape index (κ2) is 58.2. The van der Waals surface area contributed by atoms with E-state index >= 15 is 0 Å². The SMILES string of the molecule is CCCCCCCC/C=C\CCCCCCCCOC(=O)CS.CCCCCCCC/C=C\CCCCCCCCOC(=O)CS.CCC[CH2][Sn][CH2]CCC. The molecule has 4 nitrogen and oxygen atoms in total. The Bertz CT molecular complexity index is 715. The molecule has 0 N–H and O–H groups in total. The molecule has 0 aliphatic rings. The van der Waals surface area contributed by atoms with Gasteiger partial charge in [0, 0.05) is 0 Å². The summed E-state index contributed by atoms with van der Waals surface area (Å²) in [5.41, 5.74) is 0. The van der Waals surface area contributed by atoms with Gasteiger partial charge in [-0.05, 0) is 64.2 Å². The Labute approximate surface area is 366 Å². The molecule has 0 heterocycles. The number of hydrogen-bond acceptors (Lipinski definition) is 6. The first kappa shape index (κ1) is 59.2. The van der Waals surface area contributed by atoms with Crippen molar-refractivity contribution in [3.8, 4) is 0 Å². The van der Waals surface area contributed by atoms with Gasteiger partial charge < -0.3 is 9.47 Å². The van der Waals surface area contributed by atoms with Crippen LogP contribution in [0, 0.1) is 0 Å². The molecule has 0 aromatic heterocycles. The fourth-order valence-corrected chi connectivity index (χ4v) is 10.2. The van der Waals surface area contributed by atoms with Crippen molar-refractivity contribution in [2.24, 2.45) is 0 Å². The molecule has 0 unspecified atom stereocenters. The Kier molecular flexibility index (Phi) is 62.7. The van der Waals surface area contributed by atoms with Crippen LogP contribution >= 0.6 is 25.3 Å². The van der Waals surface area contributed by atoms with Crippen LogP contribution in [-0.4, -0.2) is 57.8 Å². The van der Waals surface area contributed by atoms with Crippen LogP contribution in [0.1, 0.15) is 233 Å². The van der Waals surface area contributed by atoms with Crippen LogP contribution in [0.4, 0.5) is 0 Å². The number of hydrogen-bond donors (Lipinski definition) is 2. The van der Waals surface area contributed by atoms with Gasteiger partial charge in [0.05, 0.1) is 24.7 Å². The number of esters is 2. The van der Waals surface area contributed by atoms with Gasteiger partial charge in [-0.2, -0.15) is 25.3 Å². The first-order chi connectivity index (χ1) is 27.0. The van der Waals surface area contributed by atoms with Crippen molar-refractivity contribution in [2.45, 2.75) is 242 Å². The molecule has 0 aromatic carbocycles. The van der Waals surface area contributed by atoms with Crippen molar-refractivity contribution in [3.63, 3.8) is 0 Å². The number of ether oxygens (including phenoxy) is 2. The van der Waals surface area contributed by atoms with Crippen molar-refractivity contribution in [1.82, 2.24) is 0 Å². The van der Waals surface area contributed by atoms with Gasteiger partial charge in [0.15, 0.2) is 0 Å². The Hall–Kier alpha value is -0.0813. The summed E-state index contributed by atoms with van der Waals surface area (Å²) in [6.45, 7) is 10.2. The molecule has 0 bridgehead atoms. The van der Waals surface area contributed by atoms with E-state index in [-0.39, 0.29) is 44.6 Å². The fourth-order valence-electron chi connectivity index (χ4n) is 5.89. The second-order valence-electron chi connectivity index (χ2n) is 15.1. The number of unbranched alkanes of at least 4 members (excludes halogenated alkanes) is 26. The maximum absolute atomic E-state index is 10.9. The first-order valence-electron chi connectivity index (χ1n) is 23.6. The standard InChI is InChI=1S/2C20H38O2S.2C4H9.Sn/c2*1-2-3-4-5-6-7-8-9-10-11-12-13-14-15-16-17-18-22-20(21)19-23;2*1-3-4-2;/h2*9-10,23H,2-8,11-19H2,1H3;2*1,3-4H2,2H3;/b2*10-9-;;;. The van der Waals surface area contributed by atoms with Gasteiger partial charge >= 0.3 is 81.5 Å². The zero-order valence-electron chi connectivity index (χ0n) is 37.2. The topological polar surface area (TPSA) is 52.6 Å². The Morgan fingerprint density at radius 1 is 0.382 bits per heavy atom. The quantitative estimate of drug-likeness (QED) is 0.0211. The van der Waals surface area contributed by atoms with Gasteiger partial charge in [-0.1, -0.05) is 154 Å². The summed E-state index contributed by atoms with van der Waals surface area (Å²) in [6, 6.07) is 0. The van der Waals surface area contributed by atoms with Crippen LogP contribution in [0.15, 0.2) is 24.3 Å². The molecule has 0 saturated carbocycles. The molecule has 0 spiro atoms. The van der Waals surface area contributed by atoms with Crippen LogP contribution in [0.25, 0.3) is 0 Å². The van der Waals surface area contributed by atoms with Gasteiger partial charge in [-0.25, -0.2) is 0 Å². The van der Waals surface area contributed by atoms with Crippen LogP contribution < -0.4 is 0 Å². The number of allylic oxidation sites excluding steroid dienone is 4. The van der Waals surface area contributed by atoms with Crippen LogP contribution in [0.3, 0.4) is 0 Å². The Morgan fingerprint density at radius 2 is 0.636 bits per heavy atom. The predicted octanol–water partition coefficient (Wildman–Crippen LogP) is 16.1. The van der Waals surface area contributed by atoms with Crippen molar-refractivity contribution in [3.05, 3.63) is 24.3 Å². The van der Waals surface area contributed by atoms with E-state index in [2.05, 4.69) is 77.3 Å². The van der Waals surface area contributed by atoms with Crippen LogP contribution in [0.5, 0.6) is 0 Å². The van der Waals surface area contributed by atoms with E-state index in [1.54, 1.807) is 8.87 Å². The van der Waals surface area contributed by atoms with E-state index < -0.39 is 0 Å². The normalized spacial score (nSPS) is 11.0. The monoisotopic (exact) mass is 919 g/mol. The minimum absolute atomic E-state index is 0.149. The van der Waals surface area contributed by atoms with E-state index in [0.29, 0.717) is 13.2 Å².